The highest BCUT2D eigenvalue weighted by molar-refractivity contribution is 6.30. The first kappa shape index (κ1) is 7.83. The number of nitrogens with two attached hydrogens (primary N) is 2. The van der Waals surface area contributed by atoms with Crippen molar-refractivity contribution in [2.45, 2.75) is 18.4 Å². The predicted octanol–water partition coefficient (Wildman–Crippen LogP) is 1.27. The quantitative estimate of drug-likeness (QED) is 0.689. The third-order valence-corrected chi connectivity index (χ3v) is 2.42. The van der Waals surface area contributed by atoms with Crippen LogP contribution in [-0.4, -0.2) is 4.98 Å². The van der Waals surface area contributed by atoms with E-state index in [-0.39, 0.29) is 5.54 Å². The number of nitrogen functional groups attached to an aromatic ring is 1. The molecule has 12 heavy (non-hydrogen) atoms. The van der Waals surface area contributed by atoms with Gasteiger partial charge in [-0.1, -0.05) is 11.6 Å². The third kappa shape index (κ3) is 1.15. The van der Waals surface area contributed by atoms with Crippen LogP contribution in [-0.2, 0) is 5.54 Å². The average Bonchev–Trinajstić information content (AvgIpc) is 2.75. The van der Waals surface area contributed by atoms with Crippen molar-refractivity contribution >= 4 is 17.4 Å². The maximum Gasteiger partial charge on any atom is 0.128 e. The molecule has 0 aromatic carbocycles. The first-order chi connectivity index (χ1) is 5.62. The number of halogens is 1. The summed E-state index contributed by atoms with van der Waals surface area (Å²) < 4.78 is 0. The molecule has 1 heterocycles. The van der Waals surface area contributed by atoms with Gasteiger partial charge >= 0.3 is 0 Å². The molecule has 3 nitrogen and oxygen atoms in total. The molecule has 0 saturated heterocycles. The molecule has 0 bridgehead atoms. The van der Waals surface area contributed by atoms with E-state index in [1.54, 1.807) is 6.07 Å². The van der Waals surface area contributed by atoms with Crippen molar-refractivity contribution in [3.8, 4) is 0 Å². The van der Waals surface area contributed by atoms with Gasteiger partial charge in [-0.2, -0.15) is 0 Å². The van der Waals surface area contributed by atoms with Gasteiger partial charge in [-0.05, 0) is 18.9 Å². The Morgan fingerprint density at radius 1 is 1.50 bits per heavy atom. The van der Waals surface area contributed by atoms with Crippen LogP contribution in [0.1, 0.15) is 18.4 Å². The molecule has 64 valence electrons. The van der Waals surface area contributed by atoms with Crippen LogP contribution < -0.4 is 11.5 Å². The molecule has 0 amide bonds. The molecular weight excluding hydrogens is 174 g/mol. The zero-order valence-corrected chi connectivity index (χ0v) is 7.30. The number of aromatic nitrogens is 1. The minimum atomic E-state index is -0.248. The summed E-state index contributed by atoms with van der Waals surface area (Å²) in [6.07, 6.45) is 3.48. The fourth-order valence-corrected chi connectivity index (χ4v) is 1.41. The van der Waals surface area contributed by atoms with Gasteiger partial charge in [0.2, 0.25) is 0 Å². The number of pyridine rings is 1. The van der Waals surface area contributed by atoms with Crippen LogP contribution >= 0.6 is 11.6 Å². The summed E-state index contributed by atoms with van der Waals surface area (Å²) in [6.45, 7) is 0. The Kier molecular flexibility index (Phi) is 1.53. The van der Waals surface area contributed by atoms with Gasteiger partial charge in [0.25, 0.3) is 0 Å². The Morgan fingerprint density at radius 3 is 2.75 bits per heavy atom. The van der Waals surface area contributed by atoms with E-state index in [1.807, 2.05) is 0 Å². The highest BCUT2D eigenvalue weighted by Gasteiger charge is 2.41. The van der Waals surface area contributed by atoms with Crippen LogP contribution in [0.4, 0.5) is 5.82 Å². The zero-order chi connectivity index (χ0) is 8.77. The summed E-state index contributed by atoms with van der Waals surface area (Å²) in [4.78, 5) is 3.95. The van der Waals surface area contributed by atoms with Crippen LogP contribution in [0.5, 0.6) is 0 Å². The van der Waals surface area contributed by atoms with E-state index in [0.717, 1.165) is 18.4 Å². The fourth-order valence-electron chi connectivity index (χ4n) is 1.25. The van der Waals surface area contributed by atoms with Crippen molar-refractivity contribution in [3.05, 3.63) is 22.8 Å². The fraction of sp³-hybridized carbons (Fsp3) is 0.375. The normalized spacial score (nSPS) is 19.2. The van der Waals surface area contributed by atoms with Crippen LogP contribution in [0.25, 0.3) is 0 Å². The topological polar surface area (TPSA) is 64.9 Å². The molecule has 0 unspecified atom stereocenters. The van der Waals surface area contributed by atoms with Gasteiger partial charge in [0.05, 0.1) is 5.02 Å². The highest BCUT2D eigenvalue weighted by Crippen LogP contribution is 2.44. The van der Waals surface area contributed by atoms with Gasteiger partial charge in [-0.3, -0.25) is 0 Å². The molecule has 0 spiro atoms. The Labute approximate surface area is 75.7 Å². The van der Waals surface area contributed by atoms with Crippen molar-refractivity contribution < 1.29 is 0 Å². The molecule has 4 N–H and O–H groups in total. The number of rotatable bonds is 1. The molecule has 0 atom stereocenters. The molecule has 1 aromatic heterocycles. The van der Waals surface area contributed by atoms with Crippen LogP contribution in [0.15, 0.2) is 12.3 Å². The molecule has 1 saturated carbocycles. The summed E-state index contributed by atoms with van der Waals surface area (Å²) >= 11 is 5.78. The van der Waals surface area contributed by atoms with E-state index in [0.29, 0.717) is 10.8 Å². The van der Waals surface area contributed by atoms with Crippen molar-refractivity contribution in [1.29, 1.82) is 0 Å². The van der Waals surface area contributed by atoms with Crippen LogP contribution in [0.2, 0.25) is 5.02 Å². The van der Waals surface area contributed by atoms with Crippen molar-refractivity contribution in [2.24, 2.45) is 5.73 Å². The van der Waals surface area contributed by atoms with Crippen molar-refractivity contribution in [3.63, 3.8) is 0 Å². The van der Waals surface area contributed by atoms with Gasteiger partial charge in [-0.15, -0.1) is 0 Å². The summed E-state index contributed by atoms with van der Waals surface area (Å²) in [7, 11) is 0. The second-order valence-corrected chi connectivity index (χ2v) is 3.68. The van der Waals surface area contributed by atoms with Crippen LogP contribution in [0.3, 0.4) is 0 Å². The van der Waals surface area contributed by atoms with Crippen LogP contribution in [0, 0.1) is 0 Å². The molecular formula is C8H10ClN3. The van der Waals surface area contributed by atoms with E-state index in [9.17, 15) is 0 Å². The van der Waals surface area contributed by atoms with Gasteiger partial charge in [0.15, 0.2) is 0 Å². The lowest BCUT2D eigenvalue weighted by atomic mass is 10.1. The molecule has 1 aromatic rings. The van der Waals surface area contributed by atoms with Gasteiger partial charge in [0.1, 0.15) is 5.82 Å². The number of hydrogen-bond donors (Lipinski definition) is 2. The maximum atomic E-state index is 5.96. The molecule has 4 heteroatoms. The average molecular weight is 184 g/mol. The van der Waals surface area contributed by atoms with Gasteiger partial charge in [-0.25, -0.2) is 4.98 Å². The van der Waals surface area contributed by atoms with E-state index >= 15 is 0 Å². The van der Waals surface area contributed by atoms with Gasteiger partial charge < -0.3 is 11.5 Å². The lowest BCUT2D eigenvalue weighted by Crippen LogP contribution is -2.20. The Hall–Kier alpha value is -0.800. The standard InChI is InChI=1S/C8H10ClN3/c9-5-3-6(7(10)12-4-5)8(11)1-2-8/h3-4H,1-2,11H2,(H2,10,12). The maximum absolute atomic E-state index is 5.96. The Balaban J connectivity index is 2.48. The molecule has 2 rings (SSSR count). The minimum absolute atomic E-state index is 0.248. The summed E-state index contributed by atoms with van der Waals surface area (Å²) in [6, 6.07) is 1.80. The number of hydrogen-bond acceptors (Lipinski definition) is 3. The van der Waals surface area contributed by atoms with Gasteiger partial charge in [0, 0.05) is 17.3 Å². The monoisotopic (exact) mass is 183 g/mol. The Bertz CT molecular complexity index is 320. The first-order valence-corrected chi connectivity index (χ1v) is 4.20. The number of nitrogens with zero attached hydrogens (tertiary/aromatic N) is 1. The molecule has 0 aliphatic heterocycles. The summed E-state index contributed by atoms with van der Waals surface area (Å²) in [5.41, 5.74) is 12.3. The first-order valence-electron chi connectivity index (χ1n) is 3.82. The molecule has 0 radical (unpaired) electrons. The predicted molar refractivity (Wildman–Crippen MR) is 48.8 cm³/mol. The van der Waals surface area contributed by atoms with Crippen molar-refractivity contribution in [2.75, 3.05) is 5.73 Å². The van der Waals surface area contributed by atoms with E-state index < -0.39 is 0 Å². The highest BCUT2D eigenvalue weighted by atomic mass is 35.5. The SMILES string of the molecule is Nc1ncc(Cl)cc1C1(N)CC1. The van der Waals surface area contributed by atoms with E-state index in [2.05, 4.69) is 4.98 Å². The minimum Gasteiger partial charge on any atom is -0.383 e. The van der Waals surface area contributed by atoms with Crippen molar-refractivity contribution in [1.82, 2.24) is 4.98 Å². The molecule has 1 aliphatic carbocycles. The second-order valence-electron chi connectivity index (χ2n) is 3.24. The zero-order valence-electron chi connectivity index (χ0n) is 6.55. The lowest BCUT2D eigenvalue weighted by Gasteiger charge is -2.10. The van der Waals surface area contributed by atoms with E-state index in [4.69, 9.17) is 23.1 Å². The molecule has 1 aliphatic rings. The largest absolute Gasteiger partial charge is 0.383 e. The summed E-state index contributed by atoms with van der Waals surface area (Å²) in [5, 5.41) is 0.593. The molecule has 1 fully saturated rings. The Morgan fingerprint density at radius 2 is 2.17 bits per heavy atom. The number of anilines is 1. The lowest BCUT2D eigenvalue weighted by molar-refractivity contribution is 0.739. The smallest absolute Gasteiger partial charge is 0.128 e. The second kappa shape index (κ2) is 2.34. The summed E-state index contributed by atoms with van der Waals surface area (Å²) in [5.74, 6) is 0.499. The third-order valence-electron chi connectivity index (χ3n) is 2.21. The van der Waals surface area contributed by atoms with E-state index in [1.165, 1.54) is 6.20 Å².